The van der Waals surface area contributed by atoms with Gasteiger partial charge in [-0.15, -0.1) is 5.06 Å². The molecule has 0 saturated carbocycles. The highest BCUT2D eigenvalue weighted by Crippen LogP contribution is 2.46. The molecule has 4 fully saturated rings. The number of nitrogens with two attached hydrogens (primary N) is 2. The predicted octanol–water partition coefficient (Wildman–Crippen LogP) is 14.3. The first-order valence-corrected chi connectivity index (χ1v) is 39.9. The van der Waals surface area contributed by atoms with Crippen LogP contribution in [0.3, 0.4) is 0 Å². The van der Waals surface area contributed by atoms with E-state index < -0.39 is 29.8 Å². The number of alkyl carbamates (subject to hydrolysis) is 2. The zero-order valence-corrected chi connectivity index (χ0v) is 58.8. The van der Waals surface area contributed by atoms with Gasteiger partial charge in [-0.1, -0.05) is 223 Å². The van der Waals surface area contributed by atoms with Crippen LogP contribution >= 0.6 is 64.8 Å². The minimum Gasteiger partial charge on any atom is -0.449 e. The first kappa shape index (κ1) is 77.0. The molecule has 17 nitrogen and oxygen atoms in total. The molecule has 23 heteroatoms. The Morgan fingerprint density at radius 1 is 0.548 bits per heavy atom. The van der Waals surface area contributed by atoms with Crippen molar-refractivity contribution >= 4 is 107 Å². The highest BCUT2D eigenvalue weighted by molar-refractivity contribution is 8.77. The number of carbonyl (C=O) groups is 7. The molecule has 6 atom stereocenters. The third kappa shape index (κ3) is 26.2. The molecule has 4 saturated heterocycles. The molecule has 4 aromatic carbocycles. The topological polar surface area (TPSA) is 251 Å². The Morgan fingerprint density at radius 2 is 0.914 bits per heavy atom. The number of fused-ring (bicyclic) bond motifs is 6. The number of hydrogen-bond donors (Lipinski definition) is 6. The molecule has 4 heterocycles. The molecule has 0 bridgehead atoms. The number of amides is 6. The van der Waals surface area contributed by atoms with E-state index in [1.54, 1.807) is 13.8 Å². The Hall–Kier alpha value is -5.01. The minimum atomic E-state index is -0.604. The number of ether oxygens (including phenoxy) is 2. The van der Waals surface area contributed by atoms with E-state index in [2.05, 4.69) is 69.8 Å². The van der Waals surface area contributed by atoms with E-state index >= 15 is 0 Å². The van der Waals surface area contributed by atoms with Crippen molar-refractivity contribution in [2.45, 2.75) is 162 Å². The van der Waals surface area contributed by atoms with Gasteiger partial charge < -0.3 is 47.0 Å². The number of carbonyl (C=O) groups excluding carboxylic acids is 7. The van der Waals surface area contributed by atoms with Gasteiger partial charge in [-0.3, -0.25) is 19.2 Å². The maximum absolute atomic E-state index is 12.4. The van der Waals surface area contributed by atoms with Gasteiger partial charge in [0.25, 0.3) is 11.8 Å². The van der Waals surface area contributed by atoms with Crippen LogP contribution < -0.4 is 32.7 Å². The summed E-state index contributed by atoms with van der Waals surface area (Å²) in [6, 6.07) is 34.2. The van der Waals surface area contributed by atoms with E-state index in [0.29, 0.717) is 69.0 Å². The van der Waals surface area contributed by atoms with Crippen LogP contribution in [0.15, 0.2) is 97.1 Å². The third-order valence-electron chi connectivity index (χ3n) is 16.4. The van der Waals surface area contributed by atoms with Gasteiger partial charge in [0.05, 0.1) is 5.92 Å². The summed E-state index contributed by atoms with van der Waals surface area (Å²) in [7, 11) is 11.3. The largest absolute Gasteiger partial charge is 0.449 e. The van der Waals surface area contributed by atoms with Gasteiger partial charge in [0, 0.05) is 104 Å². The maximum atomic E-state index is 12.4. The normalized spacial score (nSPS) is 18.8. The number of nitrogens with one attached hydrogen (secondary N) is 4. The van der Waals surface area contributed by atoms with E-state index in [-0.39, 0.29) is 68.5 Å². The standard InChI is InChI=1S/C26H28N2O6.C26H32N2O3S2.C11H22N2OS2.C4H9NS2.C2H6.CH4/c1-17(25(31)34-28-23(29)13-14-24(28)30)8-6-7-15-27-26(32)33-16-22-20-11-4-2-9-18(20)19-10-3-5-12-21(19)22;1-18(25(29)28-19-13-15-32-33-17-19)8-6-7-14-27-26(30)31-16-24-22-11-4-2-9-20(22)21-10-3-5-12-23(21)24;1-9(4-2-3-6-12)11(14)13-10-5-7-15-16-8-10;5-4-1-2-6-7-3-4;1-2;/h2-5,9-12,17,22H,6-8,13-16H2,1H3,(H,27,32);2-5,9-12,18-19,24H,6-8,13-17H2,1H3,(H,27,30)(H,28,29);9-10H,2-8,12H2,1H3,(H,13,14);4H,1-3,5H2;1-2H3;1H4/t17-;18-,19?;9-,10?;;;/m000.../s1/i;;;;1D;. The van der Waals surface area contributed by atoms with Crippen molar-refractivity contribution in [2.75, 3.05) is 67.4 Å². The minimum absolute atomic E-state index is 0. The van der Waals surface area contributed by atoms with Crippen molar-refractivity contribution < 1.29 is 49.2 Å². The summed E-state index contributed by atoms with van der Waals surface area (Å²) in [5.74, 6) is 5.22. The zero-order valence-electron chi connectivity index (χ0n) is 54.9. The van der Waals surface area contributed by atoms with Crippen molar-refractivity contribution in [1.29, 1.82) is 0 Å². The second kappa shape index (κ2) is 43.9. The summed E-state index contributed by atoms with van der Waals surface area (Å²) in [5, 5.41) is 12.5. The highest BCUT2D eigenvalue weighted by Gasteiger charge is 2.35. The second-order valence-corrected chi connectivity index (χ2v) is 31.2. The molecule has 0 spiro atoms. The van der Waals surface area contributed by atoms with Crippen LogP contribution in [0.4, 0.5) is 9.59 Å². The van der Waals surface area contributed by atoms with Crippen LogP contribution in [0.1, 0.15) is 167 Å². The van der Waals surface area contributed by atoms with Crippen molar-refractivity contribution in [1.82, 2.24) is 26.3 Å². The van der Waals surface area contributed by atoms with Crippen molar-refractivity contribution in [3.05, 3.63) is 119 Å². The van der Waals surface area contributed by atoms with Gasteiger partial charge in [0.1, 0.15) is 13.2 Å². The van der Waals surface area contributed by atoms with Crippen molar-refractivity contribution in [2.24, 2.45) is 29.2 Å². The molecular weight excluding hydrogens is 1290 g/mol. The molecule has 0 radical (unpaired) electrons. The van der Waals surface area contributed by atoms with E-state index in [9.17, 15) is 33.6 Å². The van der Waals surface area contributed by atoms with E-state index in [1.807, 2.05) is 127 Å². The monoisotopic (exact) mass is 1390 g/mol. The number of rotatable bonds is 24. The number of benzene rings is 4. The first-order valence-electron chi connectivity index (χ1n) is 33.2. The van der Waals surface area contributed by atoms with Gasteiger partial charge >= 0.3 is 18.2 Å². The predicted molar refractivity (Wildman–Crippen MR) is 390 cm³/mol. The molecule has 4 aliphatic heterocycles. The zero-order chi connectivity index (χ0) is 66.7. The van der Waals surface area contributed by atoms with Crippen LogP contribution in [-0.4, -0.2) is 132 Å². The summed E-state index contributed by atoms with van der Waals surface area (Å²) in [6.45, 7) is 10.3. The summed E-state index contributed by atoms with van der Waals surface area (Å²) in [4.78, 5) is 88.8. The molecular formula is C70H101N7O10S6. The van der Waals surface area contributed by atoms with E-state index in [4.69, 9.17) is 27.1 Å². The van der Waals surface area contributed by atoms with Gasteiger partial charge in [0.2, 0.25) is 11.8 Å². The average Bonchev–Trinajstić information content (AvgIpc) is 1.63. The summed E-state index contributed by atoms with van der Waals surface area (Å²) >= 11 is 0. The van der Waals surface area contributed by atoms with Gasteiger partial charge in [0.15, 0.2) is 0 Å². The lowest BCUT2D eigenvalue weighted by atomic mass is 9.98. The molecule has 512 valence electrons. The van der Waals surface area contributed by atoms with Crippen molar-refractivity contribution in [3.63, 3.8) is 0 Å². The number of unbranched alkanes of at least 4 members (excludes halogenated alkanes) is 3. The number of hydroxylamine groups is 2. The molecule has 8 N–H and O–H groups in total. The third-order valence-corrected chi connectivity index (χ3v) is 23.9. The van der Waals surface area contributed by atoms with Gasteiger partial charge in [-0.2, -0.15) is 0 Å². The van der Waals surface area contributed by atoms with Crippen LogP contribution in [0.25, 0.3) is 22.3 Å². The molecule has 93 heavy (non-hydrogen) atoms. The smallest absolute Gasteiger partial charge is 0.407 e. The fourth-order valence-electron chi connectivity index (χ4n) is 11.0. The fraction of sp³-hybridized carbons (Fsp3) is 0.557. The molecule has 10 rings (SSSR count). The van der Waals surface area contributed by atoms with Crippen LogP contribution in [0.5, 0.6) is 0 Å². The van der Waals surface area contributed by atoms with Gasteiger partial charge in [-0.25, -0.2) is 14.4 Å². The Morgan fingerprint density at radius 3 is 1.26 bits per heavy atom. The van der Waals surface area contributed by atoms with Crippen molar-refractivity contribution in [3.8, 4) is 22.3 Å². The first-order chi connectivity index (χ1) is 45.1. The number of imide groups is 1. The molecule has 0 aromatic heterocycles. The van der Waals surface area contributed by atoms with Crippen LogP contribution in [-0.2, 0) is 38.3 Å². The quantitative estimate of drug-likeness (QED) is 0.0217. The lowest BCUT2D eigenvalue weighted by molar-refractivity contribution is -0.200. The molecule has 6 amide bonds. The number of hydrogen-bond acceptors (Lipinski definition) is 18. The highest BCUT2D eigenvalue weighted by atomic mass is 33.1. The van der Waals surface area contributed by atoms with E-state index in [1.165, 1.54) is 45.6 Å². The lowest BCUT2D eigenvalue weighted by Crippen LogP contribution is -2.40. The Labute approximate surface area is 578 Å². The molecule has 2 aliphatic carbocycles. The Balaban J connectivity index is 0.000000247. The van der Waals surface area contributed by atoms with Gasteiger partial charge in [-0.05, 0) is 109 Å². The van der Waals surface area contributed by atoms with E-state index in [0.717, 1.165) is 97.8 Å². The molecule has 4 aromatic rings. The SMILES string of the molecule is C.C[C@@H](CCCCN)C(=O)NC1CCSSC1.C[C@@H](CCCCNC(=O)OCC1c2ccccc2-c2ccccc21)C(=O)NC1CCSSC1.C[C@@H](CCCCNC(=O)OCC1c2ccccc2-c2ccccc21)C(=O)ON1C(=O)CCC1=O.NC1CCSSC1.[2H]CC. The lowest BCUT2D eigenvalue weighted by Gasteiger charge is -2.23. The van der Waals surface area contributed by atoms with Crippen LogP contribution in [0, 0.1) is 17.8 Å². The fourth-order valence-corrected chi connectivity index (χ4v) is 18.2. The second-order valence-electron chi connectivity index (χ2n) is 23.3. The van der Waals surface area contributed by atoms with Crippen LogP contribution in [0.2, 0.25) is 0 Å². The maximum Gasteiger partial charge on any atom is 0.407 e. The molecule has 6 aliphatic rings. The average molecular weight is 1390 g/mol. The summed E-state index contributed by atoms with van der Waals surface area (Å²) in [6.07, 6.45) is 10.1. The summed E-state index contributed by atoms with van der Waals surface area (Å²) < 4.78 is 17.3. The number of nitrogens with zero attached hydrogens (tertiary/aromatic N) is 1. The molecule has 3 unspecified atom stereocenters. The Bertz CT molecular complexity index is 2870. The Kier molecular flexibility index (Phi) is 36.4. The summed E-state index contributed by atoms with van der Waals surface area (Å²) in [5.41, 5.74) is 20.6.